The minimum Gasteiger partial charge on any atom is -0.491 e. The topological polar surface area (TPSA) is 99.7 Å². The van der Waals surface area contributed by atoms with E-state index in [2.05, 4.69) is 16.0 Å². The standard InChI is InChI=1S/C35H34F5N3O4/c1-21-11-25(33(45)42-22(2)24-8-4-3-5-9-24)14-26(12-21)34(46)43-31(20-47-30-16-28(36)15-29(37)17-30)32(44)19-41-18-23-7-6-10-27(13-23)35(38,39)40/h3-17,22,31-32,41,44H,18-20H2,1-2H3,(H,42,45)(H,43,46)/t22-,31+,32-/m1/s1. The minimum atomic E-state index is -4.52. The van der Waals surface area contributed by atoms with E-state index < -0.39 is 53.9 Å². The van der Waals surface area contributed by atoms with Crippen molar-refractivity contribution >= 4 is 11.8 Å². The van der Waals surface area contributed by atoms with Crippen LogP contribution in [0.3, 0.4) is 0 Å². The molecular weight excluding hydrogens is 621 g/mol. The third-order valence-electron chi connectivity index (χ3n) is 7.23. The molecule has 4 aromatic rings. The van der Waals surface area contributed by atoms with Crippen molar-refractivity contribution in [2.75, 3.05) is 13.2 Å². The first kappa shape index (κ1) is 35.1. The number of aryl methyl sites for hydroxylation is 1. The molecule has 7 nitrogen and oxygen atoms in total. The second kappa shape index (κ2) is 15.7. The number of nitrogens with one attached hydrogen (secondary N) is 3. The SMILES string of the molecule is Cc1cc(C(=O)N[C@@H](COc2cc(F)cc(F)c2)[C@H](O)CNCc2cccc(C(F)(F)F)c2)cc(C(=O)N[C@H](C)c2ccccc2)c1. The molecule has 0 aromatic heterocycles. The molecule has 12 heteroatoms. The molecule has 2 amide bonds. The molecule has 0 bridgehead atoms. The van der Waals surface area contributed by atoms with E-state index in [1.165, 1.54) is 18.2 Å². The largest absolute Gasteiger partial charge is 0.491 e. The Morgan fingerprint density at radius 2 is 1.47 bits per heavy atom. The Morgan fingerprint density at radius 3 is 2.11 bits per heavy atom. The normalized spacial score (nSPS) is 13.4. The number of alkyl halides is 3. The van der Waals surface area contributed by atoms with E-state index in [1.54, 1.807) is 19.1 Å². The summed E-state index contributed by atoms with van der Waals surface area (Å²) in [5, 5.41) is 19.4. The number of aliphatic hydroxyl groups is 1. The highest BCUT2D eigenvalue weighted by atomic mass is 19.4. The van der Waals surface area contributed by atoms with Gasteiger partial charge in [-0.15, -0.1) is 0 Å². The monoisotopic (exact) mass is 655 g/mol. The van der Waals surface area contributed by atoms with Crippen molar-refractivity contribution in [1.82, 2.24) is 16.0 Å². The van der Waals surface area contributed by atoms with Crippen LogP contribution in [-0.2, 0) is 12.7 Å². The molecule has 47 heavy (non-hydrogen) atoms. The molecule has 0 unspecified atom stereocenters. The summed E-state index contributed by atoms with van der Waals surface area (Å²) >= 11 is 0. The lowest BCUT2D eigenvalue weighted by Gasteiger charge is -2.25. The molecule has 0 aliphatic carbocycles. The van der Waals surface area contributed by atoms with Crippen LogP contribution >= 0.6 is 0 Å². The second-order valence-corrected chi connectivity index (χ2v) is 11.1. The van der Waals surface area contributed by atoms with Gasteiger partial charge < -0.3 is 25.8 Å². The van der Waals surface area contributed by atoms with Crippen molar-refractivity contribution in [3.05, 3.63) is 136 Å². The van der Waals surface area contributed by atoms with Gasteiger partial charge in [0, 0.05) is 42.4 Å². The first-order chi connectivity index (χ1) is 22.3. The number of rotatable bonds is 13. The van der Waals surface area contributed by atoms with Gasteiger partial charge in [0.25, 0.3) is 11.8 Å². The van der Waals surface area contributed by atoms with Crippen molar-refractivity contribution in [3.8, 4) is 5.75 Å². The van der Waals surface area contributed by atoms with Crippen LogP contribution < -0.4 is 20.7 Å². The maximum atomic E-state index is 13.7. The Balaban J connectivity index is 1.47. The lowest BCUT2D eigenvalue weighted by Crippen LogP contribution is -2.50. The number of halogens is 5. The number of aliphatic hydroxyl groups excluding tert-OH is 1. The smallest absolute Gasteiger partial charge is 0.416 e. The molecule has 0 spiro atoms. The molecule has 3 atom stereocenters. The van der Waals surface area contributed by atoms with Gasteiger partial charge in [-0.1, -0.05) is 48.5 Å². The van der Waals surface area contributed by atoms with Gasteiger partial charge in [-0.25, -0.2) is 8.78 Å². The minimum absolute atomic E-state index is 0.0324. The molecule has 4 N–H and O–H groups in total. The molecule has 0 radical (unpaired) electrons. The van der Waals surface area contributed by atoms with Gasteiger partial charge >= 0.3 is 6.18 Å². The third kappa shape index (κ3) is 10.3. The van der Waals surface area contributed by atoms with Crippen LogP contribution in [-0.4, -0.2) is 42.2 Å². The fourth-order valence-electron chi connectivity index (χ4n) is 4.81. The Kier molecular flexibility index (Phi) is 11.7. The fourth-order valence-corrected chi connectivity index (χ4v) is 4.81. The van der Waals surface area contributed by atoms with E-state index in [0.29, 0.717) is 17.2 Å². The van der Waals surface area contributed by atoms with Crippen molar-refractivity contribution in [2.45, 2.75) is 44.8 Å². The average molecular weight is 656 g/mol. The molecule has 0 heterocycles. The molecule has 0 saturated carbocycles. The Morgan fingerprint density at radius 1 is 0.830 bits per heavy atom. The number of amides is 2. The zero-order valence-electron chi connectivity index (χ0n) is 25.6. The number of benzene rings is 4. The van der Waals surface area contributed by atoms with Crippen LogP contribution in [0.15, 0.2) is 91.0 Å². The van der Waals surface area contributed by atoms with Crippen LogP contribution in [0.4, 0.5) is 22.0 Å². The molecule has 0 saturated heterocycles. The summed E-state index contributed by atoms with van der Waals surface area (Å²) in [6.45, 7) is 2.89. The number of ether oxygens (including phenoxy) is 1. The lowest BCUT2D eigenvalue weighted by atomic mass is 10.0. The van der Waals surface area contributed by atoms with Crippen molar-refractivity contribution in [3.63, 3.8) is 0 Å². The number of hydrogen-bond acceptors (Lipinski definition) is 5. The van der Waals surface area contributed by atoms with Crippen LogP contribution in [0.1, 0.15) is 55.9 Å². The molecule has 0 aliphatic heterocycles. The quantitative estimate of drug-likeness (QED) is 0.130. The fraction of sp³-hybridized carbons (Fsp3) is 0.257. The Labute approximate surface area is 268 Å². The summed E-state index contributed by atoms with van der Waals surface area (Å²) in [6.07, 6.45) is -5.88. The van der Waals surface area contributed by atoms with Crippen LogP contribution in [0, 0.1) is 18.6 Å². The molecule has 248 valence electrons. The van der Waals surface area contributed by atoms with Crippen molar-refractivity contribution in [2.24, 2.45) is 0 Å². The zero-order valence-corrected chi connectivity index (χ0v) is 25.6. The van der Waals surface area contributed by atoms with Crippen molar-refractivity contribution in [1.29, 1.82) is 0 Å². The average Bonchev–Trinajstić information content (AvgIpc) is 3.02. The Hall–Kier alpha value is -4.81. The Bertz CT molecular complexity index is 1660. The summed E-state index contributed by atoms with van der Waals surface area (Å²) in [4.78, 5) is 26.5. The van der Waals surface area contributed by atoms with E-state index in [1.807, 2.05) is 37.3 Å². The van der Waals surface area contributed by atoms with Gasteiger partial charge in [-0.05, 0) is 54.8 Å². The molecule has 4 rings (SSSR count). The lowest BCUT2D eigenvalue weighted by molar-refractivity contribution is -0.137. The van der Waals surface area contributed by atoms with E-state index in [4.69, 9.17) is 4.74 Å². The van der Waals surface area contributed by atoms with Gasteiger partial charge in [0.15, 0.2) is 0 Å². The highest BCUT2D eigenvalue weighted by molar-refractivity contribution is 6.00. The zero-order chi connectivity index (χ0) is 34.1. The molecule has 4 aromatic carbocycles. The molecule has 0 aliphatic rings. The van der Waals surface area contributed by atoms with E-state index in [-0.39, 0.29) is 36.0 Å². The van der Waals surface area contributed by atoms with Crippen LogP contribution in [0.25, 0.3) is 0 Å². The van der Waals surface area contributed by atoms with E-state index >= 15 is 0 Å². The number of carbonyl (C=O) groups is 2. The van der Waals surface area contributed by atoms with E-state index in [0.717, 1.165) is 29.8 Å². The highest BCUT2D eigenvalue weighted by Crippen LogP contribution is 2.29. The van der Waals surface area contributed by atoms with Crippen LogP contribution in [0.5, 0.6) is 5.75 Å². The highest BCUT2D eigenvalue weighted by Gasteiger charge is 2.30. The predicted octanol–water partition coefficient (Wildman–Crippen LogP) is 6.11. The first-order valence-electron chi connectivity index (χ1n) is 14.7. The maximum absolute atomic E-state index is 13.7. The maximum Gasteiger partial charge on any atom is 0.416 e. The molecular formula is C35H34F5N3O4. The van der Waals surface area contributed by atoms with Gasteiger partial charge in [-0.3, -0.25) is 9.59 Å². The van der Waals surface area contributed by atoms with Crippen LogP contribution in [0.2, 0.25) is 0 Å². The molecule has 0 fully saturated rings. The summed E-state index contributed by atoms with van der Waals surface area (Å²) in [7, 11) is 0. The van der Waals surface area contributed by atoms with E-state index in [9.17, 15) is 36.6 Å². The second-order valence-electron chi connectivity index (χ2n) is 11.1. The van der Waals surface area contributed by atoms with Gasteiger partial charge in [0.1, 0.15) is 24.0 Å². The van der Waals surface area contributed by atoms with Gasteiger partial charge in [0.2, 0.25) is 0 Å². The predicted molar refractivity (Wildman–Crippen MR) is 166 cm³/mol. The first-order valence-corrected chi connectivity index (χ1v) is 14.7. The van der Waals surface area contributed by atoms with Gasteiger partial charge in [-0.2, -0.15) is 13.2 Å². The van der Waals surface area contributed by atoms with Crippen molar-refractivity contribution < 1.29 is 41.4 Å². The summed E-state index contributed by atoms with van der Waals surface area (Å²) in [5.41, 5.74) is 1.33. The number of carbonyl (C=O) groups excluding carboxylic acids is 2. The summed E-state index contributed by atoms with van der Waals surface area (Å²) < 4.78 is 72.3. The summed E-state index contributed by atoms with van der Waals surface area (Å²) in [5.74, 6) is -3.05. The number of hydrogen-bond donors (Lipinski definition) is 4. The van der Waals surface area contributed by atoms with Gasteiger partial charge in [0.05, 0.1) is 23.8 Å². The summed E-state index contributed by atoms with van der Waals surface area (Å²) in [6, 6.07) is 19.6. The third-order valence-corrected chi connectivity index (χ3v) is 7.23.